The monoisotopic (exact) mass is 313 g/mol. The molecule has 0 heterocycles. The number of benzene rings is 2. The van der Waals surface area contributed by atoms with Crippen LogP contribution in [0.4, 0.5) is 14.5 Å². The summed E-state index contributed by atoms with van der Waals surface area (Å²) in [7, 11) is -3.86. The standard InChI is InChI=1S/C14H13F2NO3S/c1-10-7-8-12(13(9-10)20-14(15)16)17-21(18,19)11-5-3-2-4-6-11/h2-9,14,17H,1H3. The molecule has 0 saturated carbocycles. The summed E-state index contributed by atoms with van der Waals surface area (Å²) in [6, 6.07) is 12.0. The quantitative estimate of drug-likeness (QED) is 0.920. The van der Waals surface area contributed by atoms with Crippen LogP contribution in [-0.2, 0) is 10.0 Å². The average Bonchev–Trinajstić information content (AvgIpc) is 2.42. The van der Waals surface area contributed by atoms with Crippen LogP contribution in [0.5, 0.6) is 5.75 Å². The van der Waals surface area contributed by atoms with Crippen LogP contribution in [0, 0.1) is 6.92 Å². The van der Waals surface area contributed by atoms with E-state index in [0.717, 1.165) is 0 Å². The molecule has 112 valence electrons. The fourth-order valence-electron chi connectivity index (χ4n) is 1.71. The Balaban J connectivity index is 2.35. The van der Waals surface area contributed by atoms with Crippen LogP contribution in [0.3, 0.4) is 0 Å². The van der Waals surface area contributed by atoms with E-state index in [0.29, 0.717) is 5.56 Å². The molecule has 0 aromatic heterocycles. The fourth-order valence-corrected chi connectivity index (χ4v) is 2.80. The van der Waals surface area contributed by atoms with Crippen molar-refractivity contribution in [2.45, 2.75) is 18.4 Å². The van der Waals surface area contributed by atoms with Gasteiger partial charge in [0.2, 0.25) is 0 Å². The first-order valence-corrected chi connectivity index (χ1v) is 7.50. The summed E-state index contributed by atoms with van der Waals surface area (Å²) >= 11 is 0. The minimum absolute atomic E-state index is 0.0357. The molecule has 0 saturated heterocycles. The molecule has 0 fully saturated rings. The number of hydrogen-bond acceptors (Lipinski definition) is 3. The molecule has 0 aliphatic heterocycles. The maximum atomic E-state index is 12.4. The Morgan fingerprint density at radius 1 is 1.10 bits per heavy atom. The molecule has 2 aromatic carbocycles. The van der Waals surface area contributed by atoms with Crippen LogP contribution < -0.4 is 9.46 Å². The Labute approximate surface area is 121 Å². The van der Waals surface area contributed by atoms with Gasteiger partial charge in [0.25, 0.3) is 10.0 Å². The van der Waals surface area contributed by atoms with Crippen LogP contribution in [0.2, 0.25) is 0 Å². The van der Waals surface area contributed by atoms with E-state index in [1.54, 1.807) is 31.2 Å². The minimum Gasteiger partial charge on any atom is -0.433 e. The third-order valence-corrected chi connectivity index (χ3v) is 4.03. The molecule has 0 bridgehead atoms. The van der Waals surface area contributed by atoms with E-state index in [2.05, 4.69) is 9.46 Å². The second-order valence-electron chi connectivity index (χ2n) is 4.30. The van der Waals surface area contributed by atoms with Gasteiger partial charge in [-0.2, -0.15) is 8.78 Å². The number of ether oxygens (including phenoxy) is 1. The zero-order valence-electron chi connectivity index (χ0n) is 11.1. The van der Waals surface area contributed by atoms with E-state index < -0.39 is 16.6 Å². The summed E-state index contributed by atoms with van der Waals surface area (Å²) in [6.07, 6.45) is 0. The number of nitrogens with one attached hydrogen (secondary N) is 1. The third-order valence-electron chi connectivity index (χ3n) is 2.65. The molecule has 0 amide bonds. The zero-order chi connectivity index (χ0) is 15.5. The molecular formula is C14H13F2NO3S. The molecule has 21 heavy (non-hydrogen) atoms. The molecule has 0 aliphatic carbocycles. The highest BCUT2D eigenvalue weighted by Gasteiger charge is 2.17. The highest BCUT2D eigenvalue weighted by Crippen LogP contribution is 2.29. The largest absolute Gasteiger partial charge is 0.433 e. The number of alkyl halides is 2. The molecule has 0 spiro atoms. The van der Waals surface area contributed by atoms with Crippen molar-refractivity contribution in [3.8, 4) is 5.75 Å². The van der Waals surface area contributed by atoms with Gasteiger partial charge in [0.1, 0.15) is 5.75 Å². The van der Waals surface area contributed by atoms with Crippen molar-refractivity contribution in [3.63, 3.8) is 0 Å². The maximum absolute atomic E-state index is 12.4. The Kier molecular flexibility index (Phi) is 4.42. The third kappa shape index (κ3) is 3.91. The van der Waals surface area contributed by atoms with Crippen molar-refractivity contribution in [3.05, 3.63) is 54.1 Å². The van der Waals surface area contributed by atoms with E-state index in [1.165, 1.54) is 24.3 Å². The highest BCUT2D eigenvalue weighted by molar-refractivity contribution is 7.92. The second-order valence-corrected chi connectivity index (χ2v) is 5.98. The van der Waals surface area contributed by atoms with Gasteiger partial charge >= 0.3 is 6.61 Å². The molecular weight excluding hydrogens is 300 g/mol. The molecule has 0 radical (unpaired) electrons. The lowest BCUT2D eigenvalue weighted by Gasteiger charge is -2.13. The van der Waals surface area contributed by atoms with Gasteiger partial charge in [-0.1, -0.05) is 24.3 Å². The SMILES string of the molecule is Cc1ccc(NS(=O)(=O)c2ccccc2)c(OC(F)F)c1. The van der Waals surface area contributed by atoms with Crippen molar-refractivity contribution in [1.82, 2.24) is 0 Å². The fraction of sp³-hybridized carbons (Fsp3) is 0.143. The summed E-state index contributed by atoms with van der Waals surface area (Å²) in [4.78, 5) is 0.0357. The summed E-state index contributed by atoms with van der Waals surface area (Å²) in [5, 5.41) is 0. The van der Waals surface area contributed by atoms with E-state index in [4.69, 9.17) is 0 Å². The molecule has 2 rings (SSSR count). The smallest absolute Gasteiger partial charge is 0.387 e. The van der Waals surface area contributed by atoms with Gasteiger partial charge in [-0.25, -0.2) is 8.42 Å². The van der Waals surface area contributed by atoms with Crippen LogP contribution in [0.15, 0.2) is 53.4 Å². The zero-order valence-corrected chi connectivity index (χ0v) is 11.9. The number of rotatable bonds is 5. The van der Waals surface area contributed by atoms with Crippen molar-refractivity contribution >= 4 is 15.7 Å². The van der Waals surface area contributed by atoms with E-state index >= 15 is 0 Å². The number of halogens is 2. The van der Waals surface area contributed by atoms with E-state index in [9.17, 15) is 17.2 Å². The normalized spacial score (nSPS) is 11.4. The van der Waals surface area contributed by atoms with Crippen molar-refractivity contribution in [2.75, 3.05) is 4.72 Å². The maximum Gasteiger partial charge on any atom is 0.387 e. The topological polar surface area (TPSA) is 55.4 Å². The molecule has 0 atom stereocenters. The van der Waals surface area contributed by atoms with Gasteiger partial charge in [-0.15, -0.1) is 0 Å². The van der Waals surface area contributed by atoms with Crippen LogP contribution in [-0.4, -0.2) is 15.0 Å². The van der Waals surface area contributed by atoms with Gasteiger partial charge in [0.05, 0.1) is 10.6 Å². The number of anilines is 1. The Morgan fingerprint density at radius 3 is 2.38 bits per heavy atom. The summed E-state index contributed by atoms with van der Waals surface area (Å²) < 4.78 is 55.7. The second kappa shape index (κ2) is 6.09. The van der Waals surface area contributed by atoms with Gasteiger partial charge in [-0.3, -0.25) is 4.72 Å². The number of sulfonamides is 1. The first-order chi connectivity index (χ1) is 9.88. The molecule has 7 heteroatoms. The van der Waals surface area contributed by atoms with Crippen molar-refractivity contribution in [2.24, 2.45) is 0 Å². The van der Waals surface area contributed by atoms with Gasteiger partial charge in [-0.05, 0) is 36.8 Å². The number of aryl methyl sites for hydroxylation is 1. The lowest BCUT2D eigenvalue weighted by Crippen LogP contribution is -2.14. The lowest BCUT2D eigenvalue weighted by molar-refractivity contribution is -0.0493. The van der Waals surface area contributed by atoms with Crippen LogP contribution >= 0.6 is 0 Å². The van der Waals surface area contributed by atoms with Crippen molar-refractivity contribution < 1.29 is 21.9 Å². The first kappa shape index (κ1) is 15.2. The van der Waals surface area contributed by atoms with Gasteiger partial charge in [0, 0.05) is 0 Å². The van der Waals surface area contributed by atoms with Crippen LogP contribution in [0.1, 0.15) is 5.56 Å². The Bertz CT molecular complexity index is 718. The molecule has 4 nitrogen and oxygen atoms in total. The molecule has 2 aromatic rings. The number of hydrogen-bond donors (Lipinski definition) is 1. The van der Waals surface area contributed by atoms with Crippen LogP contribution in [0.25, 0.3) is 0 Å². The summed E-state index contributed by atoms with van der Waals surface area (Å²) in [5.74, 6) is -0.218. The van der Waals surface area contributed by atoms with Gasteiger partial charge < -0.3 is 4.74 Å². The molecule has 1 N–H and O–H groups in total. The minimum atomic E-state index is -3.86. The predicted molar refractivity (Wildman–Crippen MR) is 75.1 cm³/mol. The Hall–Kier alpha value is -2.15. The molecule has 0 aliphatic rings. The highest BCUT2D eigenvalue weighted by atomic mass is 32.2. The Morgan fingerprint density at radius 2 is 1.76 bits per heavy atom. The van der Waals surface area contributed by atoms with E-state index in [1.807, 2.05) is 0 Å². The van der Waals surface area contributed by atoms with Gasteiger partial charge in [0.15, 0.2) is 0 Å². The van der Waals surface area contributed by atoms with Crippen molar-refractivity contribution in [1.29, 1.82) is 0 Å². The predicted octanol–water partition coefficient (Wildman–Crippen LogP) is 3.40. The van der Waals surface area contributed by atoms with E-state index in [-0.39, 0.29) is 16.3 Å². The molecule has 0 unspecified atom stereocenters. The summed E-state index contributed by atoms with van der Waals surface area (Å²) in [6.45, 7) is -1.35. The lowest BCUT2D eigenvalue weighted by atomic mass is 10.2. The summed E-state index contributed by atoms with van der Waals surface area (Å²) in [5.41, 5.74) is 0.637. The average molecular weight is 313 g/mol. The first-order valence-electron chi connectivity index (χ1n) is 6.02.